The van der Waals surface area contributed by atoms with Gasteiger partial charge in [0.1, 0.15) is 17.4 Å². The van der Waals surface area contributed by atoms with Crippen molar-refractivity contribution in [1.29, 1.82) is 0 Å². The molecule has 1 heterocycles. The zero-order valence-corrected chi connectivity index (χ0v) is 17.0. The number of carbonyl (C=O) groups is 4. The van der Waals surface area contributed by atoms with E-state index in [-0.39, 0.29) is 17.7 Å². The van der Waals surface area contributed by atoms with E-state index in [1.165, 1.54) is 19.2 Å². The SMILES string of the molecule is COC(=O)C[C@H]1[C@@H](c2ccccc2O)C(=O)N(C(=O)OC(C)(C)C)[C@@H]1C(=O)OC. The number of esters is 2. The Morgan fingerprint density at radius 2 is 1.72 bits per heavy atom. The van der Waals surface area contributed by atoms with E-state index in [2.05, 4.69) is 0 Å². The first-order valence-electron chi connectivity index (χ1n) is 9.00. The fourth-order valence-corrected chi connectivity index (χ4v) is 3.38. The highest BCUT2D eigenvalue weighted by Crippen LogP contribution is 2.44. The number of ether oxygens (including phenoxy) is 3. The van der Waals surface area contributed by atoms with Crippen molar-refractivity contribution < 1.29 is 38.5 Å². The third-order valence-electron chi connectivity index (χ3n) is 4.55. The van der Waals surface area contributed by atoms with E-state index in [0.29, 0.717) is 4.90 Å². The van der Waals surface area contributed by atoms with Crippen molar-refractivity contribution in [3.63, 3.8) is 0 Å². The van der Waals surface area contributed by atoms with E-state index in [0.717, 1.165) is 7.11 Å². The molecule has 158 valence electrons. The normalized spacial score (nSPS) is 21.6. The van der Waals surface area contributed by atoms with Gasteiger partial charge in [0.05, 0.1) is 26.6 Å². The van der Waals surface area contributed by atoms with Crippen molar-refractivity contribution in [2.24, 2.45) is 5.92 Å². The Hall–Kier alpha value is -3.10. The van der Waals surface area contributed by atoms with Gasteiger partial charge in [0.25, 0.3) is 0 Å². The molecular formula is C20H25NO8. The Labute approximate surface area is 168 Å². The van der Waals surface area contributed by atoms with Crippen LogP contribution >= 0.6 is 0 Å². The molecule has 2 rings (SSSR count). The van der Waals surface area contributed by atoms with Crippen LogP contribution in [0.25, 0.3) is 0 Å². The summed E-state index contributed by atoms with van der Waals surface area (Å²) >= 11 is 0. The lowest BCUT2D eigenvalue weighted by atomic mass is 9.82. The first kappa shape index (κ1) is 22.2. The number of imide groups is 1. The maximum absolute atomic E-state index is 13.3. The minimum Gasteiger partial charge on any atom is -0.508 e. The van der Waals surface area contributed by atoms with E-state index in [1.54, 1.807) is 32.9 Å². The highest BCUT2D eigenvalue weighted by atomic mass is 16.6. The molecule has 3 atom stereocenters. The molecule has 1 aliphatic rings. The second-order valence-corrected chi connectivity index (χ2v) is 7.64. The predicted molar refractivity (Wildman–Crippen MR) is 99.9 cm³/mol. The van der Waals surface area contributed by atoms with Gasteiger partial charge in [-0.2, -0.15) is 0 Å². The summed E-state index contributed by atoms with van der Waals surface area (Å²) in [4.78, 5) is 51.2. The summed E-state index contributed by atoms with van der Waals surface area (Å²) in [5, 5.41) is 10.3. The summed E-state index contributed by atoms with van der Waals surface area (Å²) in [7, 11) is 2.29. The largest absolute Gasteiger partial charge is 0.508 e. The molecule has 1 aliphatic heterocycles. The number of benzene rings is 1. The second-order valence-electron chi connectivity index (χ2n) is 7.64. The average molecular weight is 407 g/mol. The van der Waals surface area contributed by atoms with E-state index in [1.807, 2.05) is 0 Å². The van der Waals surface area contributed by atoms with Crippen molar-refractivity contribution in [2.45, 2.75) is 44.8 Å². The van der Waals surface area contributed by atoms with Gasteiger partial charge in [0.2, 0.25) is 5.91 Å². The molecule has 0 aliphatic carbocycles. The highest BCUT2D eigenvalue weighted by molar-refractivity contribution is 6.04. The number of para-hydroxylation sites is 1. The number of rotatable bonds is 4. The molecule has 9 nitrogen and oxygen atoms in total. The van der Waals surface area contributed by atoms with E-state index in [4.69, 9.17) is 14.2 Å². The van der Waals surface area contributed by atoms with Crippen LogP contribution in [0.2, 0.25) is 0 Å². The molecule has 0 bridgehead atoms. The maximum Gasteiger partial charge on any atom is 0.417 e. The molecule has 1 aromatic carbocycles. The van der Waals surface area contributed by atoms with Crippen LogP contribution in [-0.4, -0.2) is 59.8 Å². The zero-order valence-electron chi connectivity index (χ0n) is 17.0. The fraction of sp³-hybridized carbons (Fsp3) is 0.500. The molecule has 0 radical (unpaired) electrons. The molecule has 0 unspecified atom stereocenters. The van der Waals surface area contributed by atoms with Gasteiger partial charge in [-0.05, 0) is 26.8 Å². The number of carbonyl (C=O) groups excluding carboxylic acids is 4. The summed E-state index contributed by atoms with van der Waals surface area (Å²) in [5.74, 6) is -4.69. The first-order valence-corrected chi connectivity index (χ1v) is 9.00. The molecule has 0 saturated carbocycles. The van der Waals surface area contributed by atoms with Gasteiger partial charge in [0.15, 0.2) is 0 Å². The molecule has 1 saturated heterocycles. The smallest absolute Gasteiger partial charge is 0.417 e. The summed E-state index contributed by atoms with van der Waals surface area (Å²) in [5.41, 5.74) is -0.741. The molecule has 0 aromatic heterocycles. The molecule has 1 fully saturated rings. The van der Waals surface area contributed by atoms with E-state index >= 15 is 0 Å². The second kappa shape index (κ2) is 8.50. The summed E-state index contributed by atoms with van der Waals surface area (Å²) in [6.07, 6.45) is -1.38. The lowest BCUT2D eigenvalue weighted by Crippen LogP contribution is -2.48. The number of methoxy groups -OCH3 is 2. The molecule has 1 aromatic rings. The van der Waals surface area contributed by atoms with Crippen LogP contribution in [0.15, 0.2) is 24.3 Å². The van der Waals surface area contributed by atoms with Crippen LogP contribution in [0.3, 0.4) is 0 Å². The number of likely N-dealkylation sites (tertiary alicyclic amines) is 1. The maximum atomic E-state index is 13.3. The van der Waals surface area contributed by atoms with Crippen molar-refractivity contribution in [2.75, 3.05) is 14.2 Å². The van der Waals surface area contributed by atoms with Gasteiger partial charge >= 0.3 is 18.0 Å². The van der Waals surface area contributed by atoms with Gasteiger partial charge < -0.3 is 19.3 Å². The monoisotopic (exact) mass is 407 g/mol. The lowest BCUT2D eigenvalue weighted by molar-refractivity contribution is -0.150. The van der Waals surface area contributed by atoms with Gasteiger partial charge in [-0.1, -0.05) is 18.2 Å². The number of aromatic hydroxyl groups is 1. The van der Waals surface area contributed by atoms with Crippen LogP contribution in [0.5, 0.6) is 5.75 Å². The van der Waals surface area contributed by atoms with Crippen molar-refractivity contribution in [3.05, 3.63) is 29.8 Å². The van der Waals surface area contributed by atoms with Gasteiger partial charge in [0, 0.05) is 11.5 Å². The molecule has 1 N–H and O–H groups in total. The Morgan fingerprint density at radius 1 is 1.10 bits per heavy atom. The predicted octanol–water partition coefficient (Wildman–Crippen LogP) is 1.97. The summed E-state index contributed by atoms with van der Waals surface area (Å²) in [6.45, 7) is 4.85. The van der Waals surface area contributed by atoms with Crippen LogP contribution < -0.4 is 0 Å². The van der Waals surface area contributed by atoms with Crippen molar-refractivity contribution in [3.8, 4) is 5.75 Å². The summed E-state index contributed by atoms with van der Waals surface area (Å²) < 4.78 is 14.8. The Kier molecular flexibility index (Phi) is 6.51. The standard InChI is InChI=1S/C20H25NO8/c1-20(2,3)29-19(26)21-16(18(25)28-5)12(10-14(23)27-4)15(17(21)24)11-8-6-7-9-13(11)22/h6-9,12,15-16,22H,10H2,1-5H3/t12-,15+,16-/m0/s1. The van der Waals surface area contributed by atoms with Crippen LogP contribution in [-0.2, 0) is 28.6 Å². The van der Waals surface area contributed by atoms with Gasteiger partial charge in [-0.3, -0.25) is 9.59 Å². The van der Waals surface area contributed by atoms with E-state index in [9.17, 15) is 24.3 Å². The van der Waals surface area contributed by atoms with Gasteiger partial charge in [-0.15, -0.1) is 0 Å². The number of hydrogen-bond acceptors (Lipinski definition) is 8. The van der Waals surface area contributed by atoms with E-state index < -0.39 is 47.4 Å². The van der Waals surface area contributed by atoms with Crippen molar-refractivity contribution in [1.82, 2.24) is 4.90 Å². The highest BCUT2D eigenvalue weighted by Gasteiger charge is 2.57. The molecular weight excluding hydrogens is 382 g/mol. The van der Waals surface area contributed by atoms with Crippen LogP contribution in [0.1, 0.15) is 38.7 Å². The number of amides is 2. The molecule has 29 heavy (non-hydrogen) atoms. The molecule has 0 spiro atoms. The quantitative estimate of drug-likeness (QED) is 0.594. The molecule has 9 heteroatoms. The number of hydrogen-bond donors (Lipinski definition) is 1. The fourth-order valence-electron chi connectivity index (χ4n) is 3.38. The Balaban J connectivity index is 2.60. The number of phenolic OH excluding ortho intramolecular Hbond substituents is 1. The third-order valence-corrected chi connectivity index (χ3v) is 4.55. The Morgan fingerprint density at radius 3 is 2.24 bits per heavy atom. The lowest BCUT2D eigenvalue weighted by Gasteiger charge is -2.27. The number of phenols is 1. The number of nitrogens with zero attached hydrogens (tertiary/aromatic N) is 1. The van der Waals surface area contributed by atoms with Crippen LogP contribution in [0, 0.1) is 5.92 Å². The zero-order chi connectivity index (χ0) is 21.9. The summed E-state index contributed by atoms with van der Waals surface area (Å²) in [6, 6.07) is 4.62. The third kappa shape index (κ3) is 4.67. The minimum atomic E-state index is -1.41. The molecule has 2 amide bonds. The topological polar surface area (TPSA) is 119 Å². The van der Waals surface area contributed by atoms with Crippen LogP contribution in [0.4, 0.5) is 4.79 Å². The van der Waals surface area contributed by atoms with Crippen molar-refractivity contribution >= 4 is 23.9 Å². The Bertz CT molecular complexity index is 813. The average Bonchev–Trinajstić information content (AvgIpc) is 2.92. The minimum absolute atomic E-state index is 0.186. The first-order chi connectivity index (χ1) is 13.5. The van der Waals surface area contributed by atoms with Gasteiger partial charge in [-0.25, -0.2) is 14.5 Å².